The van der Waals surface area contributed by atoms with Crippen LogP contribution >= 0.6 is 0 Å². The van der Waals surface area contributed by atoms with Gasteiger partial charge in [0.1, 0.15) is 0 Å². The number of methoxy groups -OCH3 is 1. The Kier molecular flexibility index (Phi) is 9.39. The van der Waals surface area contributed by atoms with Gasteiger partial charge >= 0.3 is 5.97 Å². The van der Waals surface area contributed by atoms with Crippen LogP contribution < -0.4 is 5.32 Å². The van der Waals surface area contributed by atoms with Crippen molar-refractivity contribution in [3.8, 4) is 0 Å². The lowest BCUT2D eigenvalue weighted by atomic mass is 10.1. The third-order valence-electron chi connectivity index (χ3n) is 5.38. The highest BCUT2D eigenvalue weighted by atomic mass is 32.2. The van der Waals surface area contributed by atoms with Gasteiger partial charge < -0.3 is 24.5 Å². The zero-order valence-corrected chi connectivity index (χ0v) is 21.2. The first-order chi connectivity index (χ1) is 15.9. The van der Waals surface area contributed by atoms with Gasteiger partial charge in [-0.15, -0.1) is 0 Å². The Morgan fingerprint density at radius 2 is 1.85 bits per heavy atom. The molecule has 0 saturated carbocycles. The molecular formula is C23H33N3O7S. The van der Waals surface area contributed by atoms with E-state index in [2.05, 4.69) is 5.32 Å². The third kappa shape index (κ3) is 6.03. The molecule has 0 bridgehead atoms. The van der Waals surface area contributed by atoms with Crippen LogP contribution in [-0.2, 0) is 19.5 Å². The number of carbonyl (C=O) groups excluding carboxylic acids is 2. The van der Waals surface area contributed by atoms with Crippen molar-refractivity contribution in [3.63, 3.8) is 0 Å². The van der Waals surface area contributed by atoms with Crippen molar-refractivity contribution < 1.29 is 32.6 Å². The molecule has 0 spiro atoms. The Labute approximate surface area is 200 Å². The number of aliphatic hydroxyl groups excluding tert-OH is 1. The molecule has 34 heavy (non-hydrogen) atoms. The predicted octanol–water partition coefficient (Wildman–Crippen LogP) is 2.01. The van der Waals surface area contributed by atoms with Gasteiger partial charge in [0.25, 0.3) is 0 Å². The summed E-state index contributed by atoms with van der Waals surface area (Å²) >= 11 is 0. The average molecular weight is 496 g/mol. The number of nitrogens with one attached hydrogen (secondary N) is 1. The molecule has 0 aliphatic carbocycles. The molecule has 2 N–H and O–H groups in total. The molecular weight excluding hydrogens is 462 g/mol. The Bertz CT molecular complexity index is 1140. The smallest absolute Gasteiger partial charge is 0.340 e. The molecule has 1 aromatic carbocycles. The molecule has 1 atom stereocenters. The van der Waals surface area contributed by atoms with Crippen LogP contribution in [0.15, 0.2) is 29.2 Å². The van der Waals surface area contributed by atoms with E-state index < -0.39 is 22.6 Å². The van der Waals surface area contributed by atoms with Crippen LogP contribution in [0.4, 0.5) is 5.69 Å². The molecule has 1 aromatic heterocycles. The Morgan fingerprint density at radius 3 is 2.44 bits per heavy atom. The van der Waals surface area contributed by atoms with E-state index >= 15 is 0 Å². The van der Waals surface area contributed by atoms with E-state index in [-0.39, 0.29) is 41.1 Å². The number of ether oxygens (including phenoxy) is 2. The first-order valence-corrected chi connectivity index (χ1v) is 12.2. The van der Waals surface area contributed by atoms with Crippen LogP contribution in [0.1, 0.15) is 45.1 Å². The number of anilines is 1. The first-order valence-electron chi connectivity index (χ1n) is 10.7. The van der Waals surface area contributed by atoms with Crippen molar-refractivity contribution in [3.05, 3.63) is 46.8 Å². The molecule has 0 aliphatic heterocycles. The second-order valence-electron chi connectivity index (χ2n) is 8.10. The lowest BCUT2D eigenvalue weighted by Crippen LogP contribution is -2.23. The highest BCUT2D eigenvalue weighted by molar-refractivity contribution is 7.89. The molecule has 2 rings (SSSR count). The van der Waals surface area contributed by atoms with Gasteiger partial charge in [0.2, 0.25) is 15.8 Å². The number of aryl methyl sites for hydroxylation is 1. The predicted molar refractivity (Wildman–Crippen MR) is 128 cm³/mol. The van der Waals surface area contributed by atoms with Crippen molar-refractivity contribution in [2.45, 2.75) is 31.7 Å². The number of Topliss-reactive ketones (excluding diaryl/α,β-unsaturated/α-hetero) is 1. The highest BCUT2D eigenvalue weighted by Crippen LogP contribution is 2.24. The number of hydrogen-bond acceptors (Lipinski definition) is 8. The number of hydrogen-bond donors (Lipinski definition) is 2. The summed E-state index contributed by atoms with van der Waals surface area (Å²) in [7, 11) is 0.579. The fourth-order valence-corrected chi connectivity index (χ4v) is 4.68. The lowest BCUT2D eigenvalue weighted by molar-refractivity contribution is 0.0475. The van der Waals surface area contributed by atoms with Gasteiger partial charge in [-0.3, -0.25) is 4.79 Å². The van der Waals surface area contributed by atoms with Crippen LogP contribution in [-0.4, -0.2) is 81.7 Å². The standard InChI is InChI=1S/C23H33N3O7S/c1-15-11-19(17(3)26(15)16(2)13-32-6)22(28)14-33-23(29)20-12-18(34(30,31)25(4)5)7-8-21(20)24-9-10-27/h7-8,11-12,16,24,27H,9-10,13-14H2,1-6H3. The monoisotopic (exact) mass is 495 g/mol. The number of esters is 1. The SMILES string of the molecule is COCC(C)n1c(C)cc(C(=O)COC(=O)c2cc(S(=O)(=O)N(C)C)ccc2NCCO)c1C. The second kappa shape index (κ2) is 11.6. The van der Waals surface area contributed by atoms with Gasteiger partial charge in [-0.2, -0.15) is 0 Å². The maximum absolute atomic E-state index is 12.9. The Hall–Kier alpha value is -2.73. The molecule has 2 aromatic rings. The minimum absolute atomic E-state index is 0.0237. The zero-order valence-electron chi connectivity index (χ0n) is 20.4. The molecule has 0 radical (unpaired) electrons. The number of benzene rings is 1. The molecule has 188 valence electrons. The summed E-state index contributed by atoms with van der Waals surface area (Å²) < 4.78 is 38.5. The van der Waals surface area contributed by atoms with Crippen molar-refractivity contribution >= 4 is 27.5 Å². The van der Waals surface area contributed by atoms with E-state index in [1.165, 1.54) is 32.3 Å². The fourth-order valence-electron chi connectivity index (χ4n) is 3.75. The summed E-state index contributed by atoms with van der Waals surface area (Å²) in [5.41, 5.74) is 2.30. The van der Waals surface area contributed by atoms with Crippen molar-refractivity contribution in [2.24, 2.45) is 0 Å². The molecule has 1 heterocycles. The number of aliphatic hydroxyl groups is 1. The summed E-state index contributed by atoms with van der Waals surface area (Å²) in [6, 6.07) is 5.74. The first kappa shape index (κ1) is 27.5. The highest BCUT2D eigenvalue weighted by Gasteiger charge is 2.24. The van der Waals surface area contributed by atoms with Gasteiger partial charge in [-0.05, 0) is 45.0 Å². The van der Waals surface area contributed by atoms with E-state index in [0.29, 0.717) is 12.2 Å². The van der Waals surface area contributed by atoms with Gasteiger partial charge in [-0.25, -0.2) is 17.5 Å². The molecule has 0 aliphatic rings. The van der Waals surface area contributed by atoms with Crippen molar-refractivity contribution in [2.75, 3.05) is 52.9 Å². The number of nitrogens with zero attached hydrogens (tertiary/aromatic N) is 2. The van der Waals surface area contributed by atoms with Crippen LogP contribution in [0, 0.1) is 13.8 Å². The van der Waals surface area contributed by atoms with Gasteiger partial charge in [-0.1, -0.05) is 0 Å². The number of carbonyl (C=O) groups is 2. The quantitative estimate of drug-likeness (QED) is 0.338. The molecule has 1 unspecified atom stereocenters. The number of rotatable bonds is 12. The van der Waals surface area contributed by atoms with E-state index in [1.54, 1.807) is 13.2 Å². The van der Waals surface area contributed by atoms with Crippen LogP contribution in [0.5, 0.6) is 0 Å². The van der Waals surface area contributed by atoms with Gasteiger partial charge in [0.15, 0.2) is 6.61 Å². The summed E-state index contributed by atoms with van der Waals surface area (Å²) in [6.45, 7) is 5.61. The molecule has 0 saturated heterocycles. The molecule has 11 heteroatoms. The zero-order chi connectivity index (χ0) is 25.6. The van der Waals surface area contributed by atoms with Crippen LogP contribution in [0.25, 0.3) is 0 Å². The summed E-state index contributed by atoms with van der Waals surface area (Å²) in [6.07, 6.45) is 0. The molecule has 0 amide bonds. The van der Waals surface area contributed by atoms with E-state index in [4.69, 9.17) is 14.6 Å². The van der Waals surface area contributed by atoms with Crippen LogP contribution in [0.2, 0.25) is 0 Å². The van der Waals surface area contributed by atoms with E-state index in [0.717, 1.165) is 15.7 Å². The maximum atomic E-state index is 12.9. The Balaban J connectivity index is 2.28. The minimum Gasteiger partial charge on any atom is -0.454 e. The van der Waals surface area contributed by atoms with Gasteiger partial charge in [0, 0.05) is 50.4 Å². The molecule has 0 fully saturated rings. The number of sulfonamides is 1. The largest absolute Gasteiger partial charge is 0.454 e. The van der Waals surface area contributed by atoms with E-state index in [9.17, 15) is 18.0 Å². The normalized spacial score (nSPS) is 12.6. The maximum Gasteiger partial charge on any atom is 0.340 e. The lowest BCUT2D eigenvalue weighted by Gasteiger charge is -2.17. The topological polar surface area (TPSA) is 127 Å². The summed E-state index contributed by atoms with van der Waals surface area (Å²) in [4.78, 5) is 25.6. The van der Waals surface area contributed by atoms with Crippen molar-refractivity contribution in [1.82, 2.24) is 8.87 Å². The van der Waals surface area contributed by atoms with E-state index in [1.807, 2.05) is 25.3 Å². The number of ketones is 1. The summed E-state index contributed by atoms with van der Waals surface area (Å²) in [5, 5.41) is 12.0. The van der Waals surface area contributed by atoms with Crippen LogP contribution in [0.3, 0.4) is 0 Å². The minimum atomic E-state index is -3.80. The number of aromatic nitrogens is 1. The second-order valence-corrected chi connectivity index (χ2v) is 10.3. The fraction of sp³-hybridized carbons (Fsp3) is 0.478. The third-order valence-corrected chi connectivity index (χ3v) is 7.20. The average Bonchev–Trinajstić information content (AvgIpc) is 3.09. The summed E-state index contributed by atoms with van der Waals surface area (Å²) in [5.74, 6) is -1.23. The molecule has 10 nitrogen and oxygen atoms in total. The van der Waals surface area contributed by atoms with Crippen molar-refractivity contribution in [1.29, 1.82) is 0 Å². The van der Waals surface area contributed by atoms with Gasteiger partial charge in [0.05, 0.1) is 29.7 Å². The Morgan fingerprint density at radius 1 is 1.18 bits per heavy atom.